The summed E-state index contributed by atoms with van der Waals surface area (Å²) in [5.74, 6) is -3.02. The highest BCUT2D eigenvalue weighted by Crippen LogP contribution is 2.34. The number of ether oxygens (including phenoxy) is 1. The van der Waals surface area contributed by atoms with E-state index in [1.165, 1.54) is 12.1 Å². The number of aromatic nitrogens is 2. The molecule has 0 amide bonds. The number of aliphatic hydroxyl groups is 1. The maximum Gasteiger partial charge on any atom is 0.336 e. The third-order valence-corrected chi connectivity index (χ3v) is 7.67. The molecule has 13 heteroatoms. The smallest absolute Gasteiger partial charge is 0.336 e. The van der Waals surface area contributed by atoms with Gasteiger partial charge in [0.1, 0.15) is 11.5 Å². The molecule has 5 N–H and O–H groups in total. The van der Waals surface area contributed by atoms with Gasteiger partial charge in [-0.15, -0.1) is 0 Å². The van der Waals surface area contributed by atoms with E-state index < -0.39 is 36.4 Å². The Labute approximate surface area is 251 Å². The molecule has 0 aliphatic carbocycles. The molecule has 0 bridgehead atoms. The lowest BCUT2D eigenvalue weighted by atomic mass is 9.79. The van der Waals surface area contributed by atoms with Crippen LogP contribution in [0.1, 0.15) is 96.1 Å². The molecule has 13 nitrogen and oxygen atoms in total. The summed E-state index contributed by atoms with van der Waals surface area (Å²) in [7, 11) is 0. The van der Waals surface area contributed by atoms with E-state index in [2.05, 4.69) is 65.9 Å². The fraction of sp³-hybridized carbons (Fsp3) is 0.667. The Balaban J connectivity index is 0.000000331. The minimum Gasteiger partial charge on any atom is -0.481 e. The van der Waals surface area contributed by atoms with E-state index in [0.29, 0.717) is 6.04 Å². The quantitative estimate of drug-likeness (QED) is 0.251. The zero-order chi connectivity index (χ0) is 32.0. The van der Waals surface area contributed by atoms with Crippen molar-refractivity contribution in [2.45, 2.75) is 122 Å². The minimum absolute atomic E-state index is 0.0670. The van der Waals surface area contributed by atoms with Gasteiger partial charge in [0.2, 0.25) is 0 Å². The molecule has 0 radical (unpaired) electrons. The SMILES string of the molecule is Cc1ccc(CN(Cc2ccnn2C2CCCCO2)C2CC(C)(C)NC(C)(C)C2)o1.O=C(O)CC(O)(CC(=O)O)C(=O)O. The molecular weight excluding hydrogens is 560 g/mol. The van der Waals surface area contributed by atoms with Crippen molar-refractivity contribution in [2.24, 2.45) is 0 Å². The first-order valence-electron chi connectivity index (χ1n) is 14.6. The summed E-state index contributed by atoms with van der Waals surface area (Å²) in [5.41, 5.74) is -1.33. The van der Waals surface area contributed by atoms with E-state index in [1.807, 2.05) is 13.1 Å². The molecule has 2 aliphatic rings. The van der Waals surface area contributed by atoms with Gasteiger partial charge in [-0.1, -0.05) is 0 Å². The largest absolute Gasteiger partial charge is 0.481 e. The van der Waals surface area contributed by atoms with Gasteiger partial charge in [-0.05, 0) is 84.9 Å². The van der Waals surface area contributed by atoms with Crippen molar-refractivity contribution in [3.63, 3.8) is 0 Å². The van der Waals surface area contributed by atoms with E-state index in [9.17, 15) is 14.4 Å². The number of carboxylic acids is 3. The van der Waals surface area contributed by atoms with Crippen LogP contribution in [0.5, 0.6) is 0 Å². The average Bonchev–Trinajstić information content (AvgIpc) is 3.50. The van der Waals surface area contributed by atoms with E-state index in [-0.39, 0.29) is 17.3 Å². The van der Waals surface area contributed by atoms with Crippen LogP contribution in [0.15, 0.2) is 28.8 Å². The van der Waals surface area contributed by atoms with E-state index in [4.69, 9.17) is 29.6 Å². The van der Waals surface area contributed by atoms with Crippen LogP contribution in [0.3, 0.4) is 0 Å². The van der Waals surface area contributed by atoms with Gasteiger partial charge in [-0.2, -0.15) is 5.10 Å². The molecule has 4 rings (SSSR count). The van der Waals surface area contributed by atoms with Gasteiger partial charge in [0.15, 0.2) is 11.8 Å². The summed E-state index contributed by atoms with van der Waals surface area (Å²) in [6.07, 6.45) is 5.29. The summed E-state index contributed by atoms with van der Waals surface area (Å²) in [4.78, 5) is 33.1. The highest BCUT2D eigenvalue weighted by molar-refractivity contribution is 5.88. The maximum absolute atomic E-state index is 10.3. The molecule has 2 fully saturated rings. The Morgan fingerprint density at radius 3 is 2.14 bits per heavy atom. The number of aryl methyl sites for hydroxylation is 1. The molecule has 2 saturated heterocycles. The van der Waals surface area contributed by atoms with Gasteiger partial charge in [0.05, 0.1) is 25.1 Å². The van der Waals surface area contributed by atoms with Crippen molar-refractivity contribution >= 4 is 17.9 Å². The molecule has 2 aromatic rings. The monoisotopic (exact) mass is 606 g/mol. The van der Waals surface area contributed by atoms with Crippen molar-refractivity contribution in [3.05, 3.63) is 41.6 Å². The number of carboxylic acid groups (broad SMARTS) is 3. The predicted octanol–water partition coefficient (Wildman–Crippen LogP) is 3.55. The Kier molecular flexibility index (Phi) is 11.2. The summed E-state index contributed by atoms with van der Waals surface area (Å²) >= 11 is 0. The van der Waals surface area contributed by atoms with Crippen molar-refractivity contribution in [3.8, 4) is 0 Å². The fourth-order valence-corrected chi connectivity index (χ4v) is 6.18. The number of aliphatic carboxylic acids is 3. The number of hydrogen-bond donors (Lipinski definition) is 5. The maximum atomic E-state index is 10.3. The zero-order valence-electron chi connectivity index (χ0n) is 25.7. The Morgan fingerprint density at radius 1 is 1.02 bits per heavy atom. The van der Waals surface area contributed by atoms with Crippen LogP contribution in [0.4, 0.5) is 0 Å². The van der Waals surface area contributed by atoms with Crippen LogP contribution in [0.2, 0.25) is 0 Å². The molecule has 43 heavy (non-hydrogen) atoms. The van der Waals surface area contributed by atoms with Gasteiger partial charge in [-0.3, -0.25) is 14.5 Å². The van der Waals surface area contributed by atoms with E-state index in [0.717, 1.165) is 56.9 Å². The second-order valence-corrected chi connectivity index (χ2v) is 12.9. The number of nitrogens with zero attached hydrogens (tertiary/aromatic N) is 3. The minimum atomic E-state index is -2.74. The second-order valence-electron chi connectivity index (χ2n) is 12.9. The molecule has 1 unspecified atom stereocenters. The number of hydrogen-bond acceptors (Lipinski definition) is 9. The molecule has 4 heterocycles. The summed E-state index contributed by atoms with van der Waals surface area (Å²) in [6.45, 7) is 13.8. The Morgan fingerprint density at radius 2 is 1.65 bits per heavy atom. The first kappa shape index (κ1) is 34.2. The normalized spacial score (nSPS) is 20.3. The third-order valence-electron chi connectivity index (χ3n) is 7.67. The van der Waals surface area contributed by atoms with Crippen molar-refractivity contribution < 1.29 is 44.0 Å². The topological polar surface area (TPSA) is 188 Å². The highest BCUT2D eigenvalue weighted by Gasteiger charge is 2.41. The lowest BCUT2D eigenvalue weighted by molar-refractivity contribution is -0.170. The van der Waals surface area contributed by atoms with Crippen LogP contribution in [0.25, 0.3) is 0 Å². The van der Waals surface area contributed by atoms with E-state index >= 15 is 0 Å². The predicted molar refractivity (Wildman–Crippen MR) is 155 cm³/mol. The molecule has 0 spiro atoms. The second kappa shape index (κ2) is 14.0. The number of carbonyl (C=O) groups is 3. The van der Waals surface area contributed by atoms with Crippen molar-refractivity contribution in [2.75, 3.05) is 6.61 Å². The molecule has 240 valence electrons. The zero-order valence-corrected chi connectivity index (χ0v) is 25.7. The van der Waals surface area contributed by atoms with Crippen LogP contribution in [-0.2, 0) is 32.2 Å². The van der Waals surface area contributed by atoms with Gasteiger partial charge >= 0.3 is 17.9 Å². The lowest BCUT2D eigenvalue weighted by Crippen LogP contribution is -2.62. The van der Waals surface area contributed by atoms with Crippen LogP contribution in [0, 0.1) is 6.92 Å². The van der Waals surface area contributed by atoms with Gasteiger partial charge in [0.25, 0.3) is 0 Å². The molecule has 2 aliphatic heterocycles. The van der Waals surface area contributed by atoms with Crippen molar-refractivity contribution in [1.82, 2.24) is 20.0 Å². The average molecular weight is 607 g/mol. The van der Waals surface area contributed by atoms with Crippen LogP contribution < -0.4 is 5.32 Å². The van der Waals surface area contributed by atoms with Gasteiger partial charge < -0.3 is 34.9 Å². The number of furan rings is 1. The lowest BCUT2D eigenvalue weighted by Gasteiger charge is -2.49. The first-order valence-corrected chi connectivity index (χ1v) is 14.6. The molecular formula is C30H46N4O9. The number of piperidine rings is 1. The number of rotatable bonds is 11. The van der Waals surface area contributed by atoms with E-state index in [1.54, 1.807) is 0 Å². The van der Waals surface area contributed by atoms with Crippen LogP contribution >= 0.6 is 0 Å². The van der Waals surface area contributed by atoms with Gasteiger partial charge in [-0.25, -0.2) is 9.48 Å². The standard InChI is InChI=1S/C24H38N4O2.C6H8O7/c1-18-9-10-21(30-18)17-27(20-14-23(2,3)26-24(4,5)15-20)16-19-11-12-25-28(19)22-8-6-7-13-29-22;7-3(8)1-6(13,5(11)12)2-4(9)10/h9-12,20,22,26H,6-8,13-17H2,1-5H3;13H,1-2H2,(H,7,8)(H,9,10)(H,11,12). The first-order chi connectivity index (χ1) is 20.0. The molecule has 1 atom stereocenters. The van der Waals surface area contributed by atoms with Crippen LogP contribution in [-0.4, -0.2) is 82.3 Å². The summed E-state index contributed by atoms with van der Waals surface area (Å²) < 4.78 is 14.1. The Bertz CT molecular complexity index is 1210. The highest BCUT2D eigenvalue weighted by atomic mass is 16.5. The fourth-order valence-electron chi connectivity index (χ4n) is 6.18. The number of nitrogens with one attached hydrogen (secondary N) is 1. The Hall–Kier alpha value is -3.26. The van der Waals surface area contributed by atoms with Gasteiger partial charge in [0, 0.05) is 36.5 Å². The van der Waals surface area contributed by atoms with Crippen molar-refractivity contribution in [1.29, 1.82) is 0 Å². The molecule has 0 saturated carbocycles. The third kappa shape index (κ3) is 10.2. The molecule has 0 aromatic carbocycles. The molecule has 2 aromatic heterocycles. The summed E-state index contributed by atoms with van der Waals surface area (Å²) in [6, 6.07) is 6.78. The summed E-state index contributed by atoms with van der Waals surface area (Å²) in [5, 5.41) is 42.3.